The molecule has 4 nitrogen and oxygen atoms in total. The zero-order valence-corrected chi connectivity index (χ0v) is 20.4. The first-order valence-electron chi connectivity index (χ1n) is 13.6. The number of hydrogen-bond donors (Lipinski definition) is 0. The largest absolute Gasteiger partial charge is 0.329 e. The number of aryl methyl sites for hydroxylation is 1. The second-order valence-corrected chi connectivity index (χ2v) is 11.1. The number of piperidine rings is 1. The topological polar surface area (TPSA) is 30.2 Å². The second-order valence-electron chi connectivity index (χ2n) is 11.1. The van der Waals surface area contributed by atoms with Gasteiger partial charge in [0, 0.05) is 19.6 Å². The predicted octanol–water partition coefficient (Wildman–Crippen LogP) is 5.92. The van der Waals surface area contributed by atoms with E-state index in [9.17, 15) is 4.79 Å². The van der Waals surface area contributed by atoms with E-state index in [1.54, 1.807) is 0 Å². The molecule has 4 heteroatoms. The van der Waals surface area contributed by atoms with Crippen molar-refractivity contribution in [1.29, 1.82) is 0 Å². The molecule has 0 atom stereocenters. The minimum Gasteiger partial charge on any atom is -0.302 e. The summed E-state index contributed by atoms with van der Waals surface area (Å²) in [5.74, 6) is 2.96. The molecule has 176 valence electrons. The molecule has 32 heavy (non-hydrogen) atoms. The molecular weight excluding hydrogens is 394 g/mol. The molecule has 2 aromatic rings. The summed E-state index contributed by atoms with van der Waals surface area (Å²) in [5, 5.41) is 0. The maximum absolute atomic E-state index is 13.5. The monoisotopic (exact) mass is 437 g/mol. The van der Waals surface area contributed by atoms with Crippen molar-refractivity contribution < 1.29 is 0 Å². The third kappa shape index (κ3) is 4.20. The van der Waals surface area contributed by atoms with Crippen molar-refractivity contribution >= 4 is 11.0 Å². The van der Waals surface area contributed by atoms with Gasteiger partial charge >= 0.3 is 5.69 Å². The average molecular weight is 438 g/mol. The van der Waals surface area contributed by atoms with Gasteiger partial charge < -0.3 is 4.90 Å². The Hall–Kier alpha value is -1.55. The zero-order valence-electron chi connectivity index (χ0n) is 20.4. The van der Waals surface area contributed by atoms with Crippen LogP contribution in [-0.4, -0.2) is 33.7 Å². The number of para-hydroxylation sites is 2. The summed E-state index contributed by atoms with van der Waals surface area (Å²) in [4.78, 5) is 16.0. The summed E-state index contributed by atoms with van der Waals surface area (Å²) in [6, 6.07) is 8.49. The molecule has 0 spiro atoms. The number of fused-ring (bicyclic) bond motifs is 1. The van der Waals surface area contributed by atoms with Gasteiger partial charge in [0.05, 0.1) is 11.0 Å². The summed E-state index contributed by atoms with van der Waals surface area (Å²) >= 11 is 0. The lowest BCUT2D eigenvalue weighted by Crippen LogP contribution is -2.46. The SMILES string of the molecule is CC.O=c1n(CCN2CCCCC2)c2ccccc2n1CCC12CC3CC(CC(C3)C1)C2. The quantitative estimate of drug-likeness (QED) is 0.561. The van der Waals surface area contributed by atoms with Gasteiger partial charge in [0.25, 0.3) is 0 Å². The molecule has 4 saturated carbocycles. The number of rotatable bonds is 6. The van der Waals surface area contributed by atoms with E-state index in [0.717, 1.165) is 48.4 Å². The van der Waals surface area contributed by atoms with Crippen molar-refractivity contribution in [1.82, 2.24) is 14.0 Å². The van der Waals surface area contributed by atoms with Crippen LogP contribution in [0, 0.1) is 23.2 Å². The molecule has 1 aromatic heterocycles. The fourth-order valence-corrected chi connectivity index (χ4v) is 8.07. The van der Waals surface area contributed by atoms with Crippen LogP contribution in [0.2, 0.25) is 0 Å². The van der Waals surface area contributed by atoms with Gasteiger partial charge in [0.1, 0.15) is 0 Å². The minimum atomic E-state index is 0.220. The summed E-state index contributed by atoms with van der Waals surface area (Å²) in [7, 11) is 0. The van der Waals surface area contributed by atoms with E-state index in [1.165, 1.54) is 77.3 Å². The van der Waals surface area contributed by atoms with Crippen molar-refractivity contribution in [2.24, 2.45) is 23.2 Å². The molecule has 0 unspecified atom stereocenters. The van der Waals surface area contributed by atoms with Gasteiger partial charge in [-0.3, -0.25) is 9.13 Å². The third-order valence-electron chi connectivity index (χ3n) is 9.04. The van der Waals surface area contributed by atoms with E-state index in [4.69, 9.17) is 0 Å². The fourth-order valence-electron chi connectivity index (χ4n) is 8.07. The van der Waals surface area contributed by atoms with E-state index in [-0.39, 0.29) is 5.69 Å². The Labute approximate surface area is 194 Å². The first-order valence-corrected chi connectivity index (χ1v) is 13.6. The highest BCUT2D eigenvalue weighted by molar-refractivity contribution is 5.76. The van der Waals surface area contributed by atoms with E-state index in [0.29, 0.717) is 5.41 Å². The highest BCUT2D eigenvalue weighted by atomic mass is 16.1. The first kappa shape index (κ1) is 22.3. The Bertz CT molecular complexity index is 929. The highest BCUT2D eigenvalue weighted by Gasteiger charge is 2.50. The van der Waals surface area contributed by atoms with E-state index < -0.39 is 0 Å². The van der Waals surface area contributed by atoms with Crippen LogP contribution in [0.4, 0.5) is 0 Å². The van der Waals surface area contributed by atoms with Crippen molar-refractivity contribution in [3.63, 3.8) is 0 Å². The summed E-state index contributed by atoms with van der Waals surface area (Å²) in [6.45, 7) is 9.12. The van der Waals surface area contributed by atoms with E-state index in [1.807, 2.05) is 13.8 Å². The van der Waals surface area contributed by atoms with Gasteiger partial charge in [-0.2, -0.15) is 0 Å². The van der Waals surface area contributed by atoms with Crippen LogP contribution in [0.15, 0.2) is 29.1 Å². The van der Waals surface area contributed by atoms with E-state index >= 15 is 0 Å². The van der Waals surface area contributed by atoms with Crippen LogP contribution in [0.3, 0.4) is 0 Å². The molecule has 4 bridgehead atoms. The third-order valence-corrected chi connectivity index (χ3v) is 9.04. The number of aromatic nitrogens is 2. The predicted molar refractivity (Wildman–Crippen MR) is 133 cm³/mol. The summed E-state index contributed by atoms with van der Waals surface area (Å²) in [6.07, 6.45) is 14.0. The highest BCUT2D eigenvalue weighted by Crippen LogP contribution is 2.61. The number of benzene rings is 1. The zero-order chi connectivity index (χ0) is 22.1. The lowest BCUT2D eigenvalue weighted by molar-refractivity contribution is -0.0591. The van der Waals surface area contributed by atoms with Gasteiger partial charge in [0.15, 0.2) is 0 Å². The molecule has 7 rings (SSSR count). The Morgan fingerprint density at radius 3 is 1.88 bits per heavy atom. The molecule has 5 fully saturated rings. The Kier molecular flexibility index (Phi) is 6.51. The molecule has 5 aliphatic rings. The normalized spacial score (nSPS) is 31.6. The lowest BCUT2D eigenvalue weighted by atomic mass is 9.49. The van der Waals surface area contributed by atoms with Gasteiger partial charge in [-0.15, -0.1) is 0 Å². The number of likely N-dealkylation sites (tertiary alicyclic amines) is 1. The molecule has 1 aliphatic heterocycles. The average Bonchev–Trinajstić information content (AvgIpc) is 3.08. The smallest absolute Gasteiger partial charge is 0.302 e. The second kappa shape index (κ2) is 9.37. The van der Waals surface area contributed by atoms with E-state index in [2.05, 4.69) is 38.3 Å². The number of imidazole rings is 1. The Morgan fingerprint density at radius 2 is 1.31 bits per heavy atom. The van der Waals surface area contributed by atoms with Crippen molar-refractivity contribution in [2.45, 2.75) is 91.1 Å². The molecule has 0 N–H and O–H groups in total. The van der Waals surface area contributed by atoms with Crippen LogP contribution in [-0.2, 0) is 13.1 Å². The molecule has 2 heterocycles. The van der Waals surface area contributed by atoms with Crippen LogP contribution in [0.5, 0.6) is 0 Å². The maximum atomic E-state index is 13.5. The van der Waals surface area contributed by atoms with Crippen molar-refractivity contribution in [3.05, 3.63) is 34.7 Å². The lowest BCUT2D eigenvalue weighted by Gasteiger charge is -2.57. The van der Waals surface area contributed by atoms with Gasteiger partial charge in [-0.05, 0) is 106 Å². The van der Waals surface area contributed by atoms with Crippen LogP contribution < -0.4 is 5.69 Å². The first-order chi connectivity index (χ1) is 15.7. The molecule has 0 radical (unpaired) electrons. The van der Waals surface area contributed by atoms with Gasteiger partial charge in [-0.1, -0.05) is 32.4 Å². The summed E-state index contributed by atoms with van der Waals surface area (Å²) in [5.41, 5.74) is 3.03. The molecule has 1 saturated heterocycles. The maximum Gasteiger partial charge on any atom is 0.329 e. The number of nitrogens with zero attached hydrogens (tertiary/aromatic N) is 3. The number of hydrogen-bond acceptors (Lipinski definition) is 2. The molecule has 0 amide bonds. The molecule has 4 aliphatic carbocycles. The standard InChI is InChI=1S/C26H37N3O.C2H6/c30-25-28(11-8-26-17-20-14-21(18-26)16-22(15-20)19-26)23-6-2-3-7-24(23)29(25)13-12-27-9-4-1-5-10-27;1-2/h2-3,6-7,20-22H,1,4-5,8-19H2;1-2H3. The summed E-state index contributed by atoms with van der Waals surface area (Å²) < 4.78 is 4.17. The minimum absolute atomic E-state index is 0.220. The van der Waals surface area contributed by atoms with Crippen LogP contribution in [0.25, 0.3) is 11.0 Å². The van der Waals surface area contributed by atoms with Crippen LogP contribution >= 0.6 is 0 Å². The molecular formula is C28H43N3O. The van der Waals surface area contributed by atoms with Crippen molar-refractivity contribution in [3.8, 4) is 0 Å². The van der Waals surface area contributed by atoms with Gasteiger partial charge in [0.2, 0.25) is 0 Å². The van der Waals surface area contributed by atoms with Gasteiger partial charge in [-0.25, -0.2) is 4.79 Å². The molecule has 1 aromatic carbocycles. The van der Waals surface area contributed by atoms with Crippen molar-refractivity contribution in [2.75, 3.05) is 19.6 Å². The Balaban J connectivity index is 0.00000105. The van der Waals surface area contributed by atoms with Crippen LogP contribution in [0.1, 0.15) is 78.1 Å². The Morgan fingerprint density at radius 1 is 0.781 bits per heavy atom. The fraction of sp³-hybridized carbons (Fsp3) is 0.750.